The lowest BCUT2D eigenvalue weighted by Gasteiger charge is -2.36. The molecule has 0 bridgehead atoms. The molecule has 0 N–H and O–H groups in total. The third kappa shape index (κ3) is 4.39. The Morgan fingerprint density at radius 1 is 1.12 bits per heavy atom. The first-order chi connectivity index (χ1) is 11.2. The summed E-state index contributed by atoms with van der Waals surface area (Å²) in [7, 11) is -1.96. The van der Waals surface area contributed by atoms with Gasteiger partial charge in [0.2, 0.25) is 8.32 Å². The fourth-order valence-electron chi connectivity index (χ4n) is 2.17. The minimum absolute atomic E-state index is 0.0941. The lowest BCUT2D eigenvalue weighted by molar-refractivity contribution is 0.0544. The molecule has 1 aromatic heterocycles. The quantitative estimate of drug-likeness (QED) is 0.560. The number of halogens is 1. The molecule has 0 fully saturated rings. The van der Waals surface area contributed by atoms with Gasteiger partial charge >= 0.3 is 6.09 Å². The van der Waals surface area contributed by atoms with Crippen LogP contribution in [0, 0.1) is 0 Å². The molecule has 0 spiro atoms. The predicted molar refractivity (Wildman–Crippen MR) is 106 cm³/mol. The highest BCUT2D eigenvalue weighted by Gasteiger charge is 2.39. The second-order valence-electron chi connectivity index (χ2n) is 8.87. The maximum Gasteiger partial charge on any atom is 0.419 e. The third-order valence-corrected chi connectivity index (χ3v) is 9.13. The molecule has 0 unspecified atom stereocenters. The predicted octanol–water partition coefficient (Wildman–Crippen LogP) is 6.46. The van der Waals surface area contributed by atoms with Crippen LogP contribution in [0.25, 0.3) is 10.9 Å². The summed E-state index contributed by atoms with van der Waals surface area (Å²) < 4.78 is 13.2. The number of nitrogens with zero attached hydrogens (tertiary/aromatic N) is 1. The van der Waals surface area contributed by atoms with Crippen LogP contribution in [0.2, 0.25) is 23.2 Å². The molecule has 138 valence electrons. The zero-order valence-electron chi connectivity index (χ0n) is 16.4. The van der Waals surface area contributed by atoms with Gasteiger partial charge in [-0.15, -0.1) is 0 Å². The first kappa shape index (κ1) is 19.9. The van der Waals surface area contributed by atoms with Gasteiger partial charge in [0.15, 0.2) is 0 Å². The minimum Gasteiger partial charge on any atom is -0.543 e. The molecule has 0 saturated heterocycles. The molecular formula is C19H28ClNO3Si. The molecule has 0 amide bonds. The van der Waals surface area contributed by atoms with Crippen molar-refractivity contribution in [1.29, 1.82) is 0 Å². The Hall–Kier alpha value is -1.46. The highest BCUT2D eigenvalue weighted by Crippen LogP contribution is 2.39. The average molecular weight is 382 g/mol. The van der Waals surface area contributed by atoms with Gasteiger partial charge in [-0.3, -0.25) is 4.57 Å². The van der Waals surface area contributed by atoms with Crippen molar-refractivity contribution >= 4 is 36.9 Å². The maximum atomic E-state index is 12.4. The van der Waals surface area contributed by atoms with Crippen LogP contribution in [0.1, 0.15) is 41.5 Å². The van der Waals surface area contributed by atoms with Gasteiger partial charge in [-0.05, 0) is 57.1 Å². The maximum absolute atomic E-state index is 12.4. The van der Waals surface area contributed by atoms with Crippen molar-refractivity contribution in [2.75, 3.05) is 0 Å². The molecule has 1 heterocycles. The van der Waals surface area contributed by atoms with E-state index < -0.39 is 20.0 Å². The number of carbonyl (C=O) groups excluding carboxylic acids is 1. The van der Waals surface area contributed by atoms with Gasteiger partial charge in [-0.1, -0.05) is 32.4 Å². The summed E-state index contributed by atoms with van der Waals surface area (Å²) in [5.41, 5.74) is 0.0735. The Labute approximate surface area is 156 Å². The van der Waals surface area contributed by atoms with E-state index in [2.05, 4.69) is 33.9 Å². The molecule has 0 saturated carbocycles. The molecule has 0 radical (unpaired) electrons. The summed E-state index contributed by atoms with van der Waals surface area (Å²) in [4.78, 5) is 12.4. The van der Waals surface area contributed by atoms with Crippen LogP contribution in [-0.4, -0.2) is 24.6 Å². The lowest BCUT2D eigenvalue weighted by atomic mass is 10.2. The van der Waals surface area contributed by atoms with Crippen LogP contribution in [0.5, 0.6) is 5.75 Å². The molecule has 2 aromatic rings. The Morgan fingerprint density at radius 3 is 2.24 bits per heavy atom. The van der Waals surface area contributed by atoms with E-state index in [9.17, 15) is 4.79 Å². The smallest absolute Gasteiger partial charge is 0.419 e. The monoisotopic (exact) mass is 381 g/mol. The SMILES string of the molecule is CC(C)(C)OC(=O)n1ccc2cc(O[Si](C)(C)C(C)(C)C)cc(Cl)c21. The molecular weight excluding hydrogens is 354 g/mol. The van der Waals surface area contributed by atoms with E-state index in [1.807, 2.05) is 32.9 Å². The van der Waals surface area contributed by atoms with Crippen LogP contribution >= 0.6 is 11.6 Å². The van der Waals surface area contributed by atoms with Gasteiger partial charge in [0.1, 0.15) is 11.4 Å². The number of carbonyl (C=O) groups is 1. The number of fused-ring (bicyclic) bond motifs is 1. The van der Waals surface area contributed by atoms with Crippen molar-refractivity contribution in [3.63, 3.8) is 0 Å². The molecule has 0 atom stereocenters. The molecule has 0 aliphatic rings. The van der Waals surface area contributed by atoms with Crippen molar-refractivity contribution in [3.8, 4) is 5.75 Å². The fourth-order valence-corrected chi connectivity index (χ4v) is 3.50. The van der Waals surface area contributed by atoms with Gasteiger partial charge in [-0.2, -0.15) is 0 Å². The normalized spacial score (nSPS) is 13.2. The topological polar surface area (TPSA) is 40.5 Å². The molecule has 6 heteroatoms. The van der Waals surface area contributed by atoms with Gasteiger partial charge in [0, 0.05) is 11.6 Å². The van der Waals surface area contributed by atoms with Gasteiger partial charge in [0.05, 0.1) is 10.5 Å². The van der Waals surface area contributed by atoms with E-state index in [0.717, 1.165) is 11.1 Å². The fraction of sp³-hybridized carbons (Fsp3) is 0.526. The molecule has 25 heavy (non-hydrogen) atoms. The number of benzene rings is 1. The van der Waals surface area contributed by atoms with E-state index >= 15 is 0 Å². The molecule has 2 rings (SSSR count). The van der Waals surface area contributed by atoms with Crippen molar-refractivity contribution in [2.45, 2.75) is 65.3 Å². The Morgan fingerprint density at radius 2 is 1.72 bits per heavy atom. The summed E-state index contributed by atoms with van der Waals surface area (Å²) >= 11 is 6.47. The van der Waals surface area contributed by atoms with E-state index in [4.69, 9.17) is 20.8 Å². The number of aromatic nitrogens is 1. The molecule has 0 aliphatic heterocycles. The van der Waals surface area contributed by atoms with Crippen LogP contribution in [-0.2, 0) is 4.74 Å². The number of hydrogen-bond acceptors (Lipinski definition) is 3. The van der Waals surface area contributed by atoms with Crippen molar-refractivity contribution < 1.29 is 14.0 Å². The van der Waals surface area contributed by atoms with Crippen molar-refractivity contribution in [2.24, 2.45) is 0 Å². The number of rotatable bonds is 2. The number of hydrogen-bond donors (Lipinski definition) is 0. The van der Waals surface area contributed by atoms with Gasteiger partial charge in [-0.25, -0.2) is 4.79 Å². The lowest BCUT2D eigenvalue weighted by Crippen LogP contribution is -2.43. The van der Waals surface area contributed by atoms with Gasteiger partial charge in [0.25, 0.3) is 0 Å². The Balaban J connectivity index is 2.41. The first-order valence-electron chi connectivity index (χ1n) is 8.44. The Bertz CT molecular complexity index is 797. The third-order valence-electron chi connectivity index (χ3n) is 4.48. The largest absolute Gasteiger partial charge is 0.543 e. The first-order valence-corrected chi connectivity index (χ1v) is 11.7. The van der Waals surface area contributed by atoms with Crippen molar-refractivity contribution in [3.05, 3.63) is 29.4 Å². The van der Waals surface area contributed by atoms with Crippen LogP contribution < -0.4 is 4.43 Å². The number of ether oxygens (including phenoxy) is 1. The van der Waals surface area contributed by atoms with E-state index in [1.54, 1.807) is 12.3 Å². The van der Waals surface area contributed by atoms with Crippen LogP contribution in [0.15, 0.2) is 24.4 Å². The van der Waals surface area contributed by atoms with Crippen LogP contribution in [0.4, 0.5) is 4.79 Å². The Kier molecular flexibility index (Phi) is 5.05. The molecule has 0 aliphatic carbocycles. The summed E-state index contributed by atoms with van der Waals surface area (Å²) in [5.74, 6) is 0.742. The second-order valence-corrected chi connectivity index (χ2v) is 14.0. The highest BCUT2D eigenvalue weighted by atomic mass is 35.5. The zero-order chi connectivity index (χ0) is 19.2. The molecule has 1 aromatic carbocycles. The van der Waals surface area contributed by atoms with E-state index in [-0.39, 0.29) is 5.04 Å². The summed E-state index contributed by atoms with van der Waals surface area (Å²) in [6, 6.07) is 5.57. The summed E-state index contributed by atoms with van der Waals surface area (Å²) in [5, 5.41) is 1.42. The van der Waals surface area contributed by atoms with Gasteiger partial charge < -0.3 is 9.16 Å². The zero-order valence-corrected chi connectivity index (χ0v) is 18.1. The molecule has 4 nitrogen and oxygen atoms in total. The average Bonchev–Trinajstić information content (AvgIpc) is 2.78. The standard InChI is InChI=1S/C19H28ClNO3Si/c1-18(2,3)23-17(22)21-10-9-13-11-14(12-15(20)16(13)21)24-25(7,8)19(4,5)6/h9-12H,1-8H3. The van der Waals surface area contributed by atoms with E-state index in [1.165, 1.54) is 4.57 Å². The second kappa shape index (κ2) is 6.36. The summed E-state index contributed by atoms with van der Waals surface area (Å²) in [6.45, 7) is 16.5. The van der Waals surface area contributed by atoms with Crippen molar-refractivity contribution in [1.82, 2.24) is 4.57 Å². The van der Waals surface area contributed by atoms with E-state index in [0.29, 0.717) is 10.5 Å². The highest BCUT2D eigenvalue weighted by molar-refractivity contribution is 6.74. The minimum atomic E-state index is -1.96. The summed E-state index contributed by atoms with van der Waals surface area (Å²) in [6.07, 6.45) is 1.24. The van der Waals surface area contributed by atoms with Crippen LogP contribution in [0.3, 0.4) is 0 Å².